The highest BCUT2D eigenvalue weighted by molar-refractivity contribution is 5.35. The van der Waals surface area contributed by atoms with Crippen molar-refractivity contribution in [2.45, 2.75) is 52.5 Å². The first-order valence-corrected chi connectivity index (χ1v) is 8.43. The Kier molecular flexibility index (Phi) is 4.60. The largest absolute Gasteiger partial charge is 0.379 e. The summed E-state index contributed by atoms with van der Waals surface area (Å²) in [6.07, 6.45) is 4.76. The van der Waals surface area contributed by atoms with E-state index in [1.165, 1.54) is 30.7 Å². The summed E-state index contributed by atoms with van der Waals surface area (Å²) >= 11 is 0. The summed E-state index contributed by atoms with van der Waals surface area (Å²) in [5.41, 5.74) is 5.66. The van der Waals surface area contributed by atoms with Gasteiger partial charge in [0.05, 0.1) is 13.2 Å². The third kappa shape index (κ3) is 3.46. The minimum absolute atomic E-state index is 0.691. The molecule has 1 aliphatic carbocycles. The van der Waals surface area contributed by atoms with Crippen molar-refractivity contribution >= 4 is 0 Å². The lowest BCUT2D eigenvalue weighted by molar-refractivity contribution is 0.0135. The first-order chi connectivity index (χ1) is 10.1. The fraction of sp³-hybridized carbons (Fsp3) is 0.722. The van der Waals surface area contributed by atoms with E-state index >= 15 is 0 Å². The molecule has 1 aromatic rings. The van der Waals surface area contributed by atoms with Crippen LogP contribution in [0.1, 0.15) is 42.8 Å². The third-order valence-corrected chi connectivity index (χ3v) is 4.77. The van der Waals surface area contributed by atoms with Gasteiger partial charge in [-0.25, -0.2) is 0 Å². The summed E-state index contributed by atoms with van der Waals surface area (Å²) in [7, 11) is 0. The Morgan fingerprint density at radius 1 is 1.33 bits per heavy atom. The maximum absolute atomic E-state index is 5.50. The molecular formula is C18H28N2O. The molecule has 1 fully saturated rings. The Bertz CT molecular complexity index is 492. The van der Waals surface area contributed by atoms with Gasteiger partial charge in [-0.3, -0.25) is 9.88 Å². The molecule has 3 nitrogen and oxygen atoms in total. The van der Waals surface area contributed by atoms with Gasteiger partial charge in [-0.1, -0.05) is 13.8 Å². The van der Waals surface area contributed by atoms with Crippen molar-refractivity contribution in [3.63, 3.8) is 0 Å². The minimum Gasteiger partial charge on any atom is -0.379 e. The fourth-order valence-electron chi connectivity index (χ4n) is 3.81. The summed E-state index contributed by atoms with van der Waals surface area (Å²) < 4.78 is 5.50. The van der Waals surface area contributed by atoms with Crippen molar-refractivity contribution in [2.24, 2.45) is 5.92 Å². The maximum Gasteiger partial charge on any atom is 0.0594 e. The SMILES string of the molecule is Cc1cc(CC(C)C)c2c(n1)CCC(N1CCOCC1)C2. The van der Waals surface area contributed by atoms with Crippen LogP contribution in [0.2, 0.25) is 0 Å². The minimum atomic E-state index is 0.691. The van der Waals surface area contributed by atoms with Crippen LogP contribution in [0.25, 0.3) is 0 Å². The number of rotatable bonds is 3. The Morgan fingerprint density at radius 2 is 2.10 bits per heavy atom. The van der Waals surface area contributed by atoms with E-state index in [0.717, 1.165) is 32.7 Å². The Labute approximate surface area is 128 Å². The first kappa shape index (κ1) is 15.0. The molecule has 0 amide bonds. The van der Waals surface area contributed by atoms with Gasteiger partial charge >= 0.3 is 0 Å². The second-order valence-electron chi connectivity index (χ2n) is 6.99. The van der Waals surface area contributed by atoms with E-state index in [1.807, 2.05) is 0 Å². The van der Waals surface area contributed by atoms with Crippen LogP contribution in [0.15, 0.2) is 6.07 Å². The van der Waals surface area contributed by atoms with Gasteiger partial charge in [-0.15, -0.1) is 0 Å². The number of morpholine rings is 1. The highest BCUT2D eigenvalue weighted by Gasteiger charge is 2.28. The van der Waals surface area contributed by atoms with Gasteiger partial charge in [0.1, 0.15) is 0 Å². The third-order valence-electron chi connectivity index (χ3n) is 4.77. The highest BCUT2D eigenvalue weighted by atomic mass is 16.5. The molecule has 2 heterocycles. The van der Waals surface area contributed by atoms with Gasteiger partial charge in [0.15, 0.2) is 0 Å². The quantitative estimate of drug-likeness (QED) is 0.855. The van der Waals surface area contributed by atoms with Gasteiger partial charge < -0.3 is 4.74 Å². The molecule has 3 rings (SSSR count). The van der Waals surface area contributed by atoms with Gasteiger partial charge in [0.2, 0.25) is 0 Å². The van der Waals surface area contributed by atoms with E-state index < -0.39 is 0 Å². The molecule has 0 spiro atoms. The lowest BCUT2D eigenvalue weighted by Gasteiger charge is -2.37. The van der Waals surface area contributed by atoms with Crippen molar-refractivity contribution < 1.29 is 4.74 Å². The summed E-state index contributed by atoms with van der Waals surface area (Å²) in [5.74, 6) is 0.708. The van der Waals surface area contributed by atoms with Crippen molar-refractivity contribution in [3.05, 3.63) is 28.6 Å². The lowest BCUT2D eigenvalue weighted by atomic mass is 9.85. The molecule has 0 aromatic carbocycles. The molecule has 0 radical (unpaired) electrons. The van der Waals surface area contributed by atoms with Crippen LogP contribution in [0.5, 0.6) is 0 Å². The standard InChI is InChI=1S/C18H28N2O/c1-13(2)10-15-11-14(3)19-18-5-4-16(12-17(15)18)20-6-8-21-9-7-20/h11,13,16H,4-10,12H2,1-3H3. The molecule has 1 aromatic heterocycles. The molecule has 0 saturated carbocycles. The first-order valence-electron chi connectivity index (χ1n) is 8.43. The second-order valence-corrected chi connectivity index (χ2v) is 6.99. The number of aromatic nitrogens is 1. The molecule has 3 heteroatoms. The predicted molar refractivity (Wildman–Crippen MR) is 85.7 cm³/mol. The highest BCUT2D eigenvalue weighted by Crippen LogP contribution is 2.28. The lowest BCUT2D eigenvalue weighted by Crippen LogP contribution is -2.46. The smallest absolute Gasteiger partial charge is 0.0594 e. The number of hydrogen-bond donors (Lipinski definition) is 0. The van der Waals surface area contributed by atoms with Gasteiger partial charge in [0, 0.05) is 30.5 Å². The van der Waals surface area contributed by atoms with Crippen LogP contribution in [0, 0.1) is 12.8 Å². The number of pyridine rings is 1. The number of nitrogens with zero attached hydrogens (tertiary/aromatic N) is 2. The van der Waals surface area contributed by atoms with E-state index in [2.05, 4.69) is 31.7 Å². The fourth-order valence-corrected chi connectivity index (χ4v) is 3.81. The molecule has 0 bridgehead atoms. The van der Waals surface area contributed by atoms with E-state index in [0.29, 0.717) is 12.0 Å². The van der Waals surface area contributed by atoms with Gasteiger partial charge in [0.25, 0.3) is 0 Å². The average molecular weight is 288 g/mol. The van der Waals surface area contributed by atoms with Gasteiger partial charge in [-0.2, -0.15) is 0 Å². The summed E-state index contributed by atoms with van der Waals surface area (Å²) in [4.78, 5) is 7.45. The predicted octanol–water partition coefficient (Wildman–Crippen LogP) is 2.78. The van der Waals surface area contributed by atoms with Crippen molar-refractivity contribution in [2.75, 3.05) is 26.3 Å². The zero-order valence-corrected chi connectivity index (χ0v) is 13.7. The summed E-state index contributed by atoms with van der Waals surface area (Å²) in [6.45, 7) is 10.7. The molecule has 0 N–H and O–H groups in total. The zero-order chi connectivity index (χ0) is 14.8. The van der Waals surface area contributed by atoms with Crippen LogP contribution in [0.3, 0.4) is 0 Å². The molecule has 1 unspecified atom stereocenters. The van der Waals surface area contributed by atoms with Gasteiger partial charge in [-0.05, 0) is 55.7 Å². The Balaban J connectivity index is 1.82. The maximum atomic E-state index is 5.50. The monoisotopic (exact) mass is 288 g/mol. The second kappa shape index (κ2) is 6.45. The molecule has 21 heavy (non-hydrogen) atoms. The Hall–Kier alpha value is -0.930. The van der Waals surface area contributed by atoms with Crippen LogP contribution in [-0.2, 0) is 24.0 Å². The van der Waals surface area contributed by atoms with Crippen molar-refractivity contribution in [1.29, 1.82) is 0 Å². The normalized spacial score (nSPS) is 23.3. The zero-order valence-electron chi connectivity index (χ0n) is 13.7. The average Bonchev–Trinajstić information content (AvgIpc) is 2.47. The molecule has 116 valence electrons. The van der Waals surface area contributed by atoms with Crippen LogP contribution < -0.4 is 0 Å². The van der Waals surface area contributed by atoms with E-state index in [1.54, 1.807) is 11.1 Å². The number of hydrogen-bond acceptors (Lipinski definition) is 3. The van der Waals surface area contributed by atoms with E-state index in [4.69, 9.17) is 9.72 Å². The molecular weight excluding hydrogens is 260 g/mol. The molecule has 1 atom stereocenters. The Morgan fingerprint density at radius 3 is 2.81 bits per heavy atom. The van der Waals surface area contributed by atoms with Crippen LogP contribution in [-0.4, -0.2) is 42.2 Å². The van der Waals surface area contributed by atoms with E-state index in [-0.39, 0.29) is 0 Å². The van der Waals surface area contributed by atoms with E-state index in [9.17, 15) is 0 Å². The van der Waals surface area contributed by atoms with Crippen LogP contribution >= 0.6 is 0 Å². The number of fused-ring (bicyclic) bond motifs is 1. The summed E-state index contributed by atoms with van der Waals surface area (Å²) in [5, 5.41) is 0. The topological polar surface area (TPSA) is 25.4 Å². The molecule has 1 aliphatic heterocycles. The molecule has 1 saturated heterocycles. The number of ether oxygens (including phenoxy) is 1. The van der Waals surface area contributed by atoms with Crippen molar-refractivity contribution in [3.8, 4) is 0 Å². The van der Waals surface area contributed by atoms with Crippen molar-refractivity contribution in [1.82, 2.24) is 9.88 Å². The summed E-state index contributed by atoms with van der Waals surface area (Å²) in [6, 6.07) is 3.01. The van der Waals surface area contributed by atoms with Crippen LogP contribution in [0.4, 0.5) is 0 Å². The number of aryl methyl sites for hydroxylation is 2. The molecule has 2 aliphatic rings.